The van der Waals surface area contributed by atoms with Crippen LogP contribution in [-0.2, 0) is 4.79 Å². The summed E-state index contributed by atoms with van der Waals surface area (Å²) in [6, 6.07) is 13.2. The Balaban J connectivity index is 1.62. The maximum absolute atomic E-state index is 13.4. The summed E-state index contributed by atoms with van der Waals surface area (Å²) in [6.45, 7) is 0.701. The minimum absolute atomic E-state index is 0.00832. The molecule has 2 aliphatic rings. The zero-order valence-corrected chi connectivity index (χ0v) is 15.9. The van der Waals surface area contributed by atoms with E-state index in [0.717, 1.165) is 43.5 Å². The average molecular weight is 380 g/mol. The van der Waals surface area contributed by atoms with Crippen molar-refractivity contribution in [2.75, 3.05) is 25.6 Å². The van der Waals surface area contributed by atoms with Crippen LogP contribution in [-0.4, -0.2) is 37.0 Å². The Kier molecular flexibility index (Phi) is 5.19. The maximum Gasteiger partial charge on any atom is 0.262 e. The van der Waals surface area contributed by atoms with Crippen LogP contribution in [0.3, 0.4) is 0 Å². The molecule has 0 unspecified atom stereocenters. The normalized spacial score (nSPS) is 19.1. The van der Waals surface area contributed by atoms with Crippen molar-refractivity contribution in [3.63, 3.8) is 0 Å². The fourth-order valence-corrected chi connectivity index (χ4v) is 3.90. The zero-order valence-electron chi connectivity index (χ0n) is 15.9. The number of hydrogen-bond acceptors (Lipinski definition) is 4. The molecule has 0 spiro atoms. The van der Waals surface area contributed by atoms with Gasteiger partial charge < -0.3 is 19.7 Å². The van der Waals surface area contributed by atoms with Gasteiger partial charge in [0.15, 0.2) is 6.61 Å². The highest BCUT2D eigenvalue weighted by Gasteiger charge is 2.28. The molecule has 4 rings (SSSR count). The lowest BCUT2D eigenvalue weighted by molar-refractivity contribution is -0.118. The molecule has 2 heterocycles. The summed E-state index contributed by atoms with van der Waals surface area (Å²) in [7, 11) is 1.65. The van der Waals surface area contributed by atoms with Gasteiger partial charge in [0.25, 0.3) is 11.8 Å². The van der Waals surface area contributed by atoms with Gasteiger partial charge in [-0.2, -0.15) is 0 Å². The lowest BCUT2D eigenvalue weighted by Crippen LogP contribution is -2.35. The molecule has 146 valence electrons. The zero-order chi connectivity index (χ0) is 19.5. The molecular formula is C22H24N2O4. The number of nitrogens with one attached hydrogen (secondary N) is 1. The molecule has 1 saturated heterocycles. The van der Waals surface area contributed by atoms with Crippen molar-refractivity contribution in [2.45, 2.75) is 31.7 Å². The van der Waals surface area contributed by atoms with Gasteiger partial charge in [0.2, 0.25) is 0 Å². The number of hydrogen-bond donors (Lipinski definition) is 1. The van der Waals surface area contributed by atoms with Crippen molar-refractivity contribution in [2.24, 2.45) is 0 Å². The second-order valence-corrected chi connectivity index (χ2v) is 7.18. The second kappa shape index (κ2) is 7.92. The fourth-order valence-electron chi connectivity index (χ4n) is 3.90. The molecule has 0 saturated carbocycles. The smallest absolute Gasteiger partial charge is 0.262 e. The van der Waals surface area contributed by atoms with Gasteiger partial charge in [0.1, 0.15) is 11.5 Å². The fraction of sp³-hybridized carbons (Fsp3) is 0.364. The van der Waals surface area contributed by atoms with Gasteiger partial charge in [-0.15, -0.1) is 0 Å². The lowest BCUT2D eigenvalue weighted by Gasteiger charge is -2.31. The van der Waals surface area contributed by atoms with Crippen molar-refractivity contribution in [3.05, 3.63) is 53.6 Å². The SMILES string of the molecule is COc1ccc([C@H]2CCCCCN2C(=O)c2ccc3c(c2)OCC(=O)N3)cc1. The monoisotopic (exact) mass is 380 g/mol. The van der Waals surface area contributed by atoms with Crippen LogP contribution in [0.15, 0.2) is 42.5 Å². The number of likely N-dealkylation sites (tertiary alicyclic amines) is 1. The number of carbonyl (C=O) groups excluding carboxylic acids is 2. The summed E-state index contributed by atoms with van der Waals surface area (Å²) < 4.78 is 10.7. The minimum Gasteiger partial charge on any atom is -0.497 e. The maximum atomic E-state index is 13.4. The molecule has 0 radical (unpaired) electrons. The summed E-state index contributed by atoms with van der Waals surface area (Å²) in [5.41, 5.74) is 2.31. The molecule has 28 heavy (non-hydrogen) atoms. The van der Waals surface area contributed by atoms with Crippen LogP contribution in [0.5, 0.6) is 11.5 Å². The number of amides is 2. The van der Waals surface area contributed by atoms with Gasteiger partial charge in [0, 0.05) is 12.1 Å². The topological polar surface area (TPSA) is 67.9 Å². The van der Waals surface area contributed by atoms with Gasteiger partial charge in [-0.25, -0.2) is 0 Å². The third-order valence-corrected chi connectivity index (χ3v) is 5.38. The van der Waals surface area contributed by atoms with Crippen molar-refractivity contribution in [1.29, 1.82) is 0 Å². The third kappa shape index (κ3) is 3.67. The van der Waals surface area contributed by atoms with Crippen LogP contribution >= 0.6 is 0 Å². The van der Waals surface area contributed by atoms with E-state index in [0.29, 0.717) is 17.0 Å². The molecule has 1 fully saturated rings. The number of rotatable bonds is 3. The summed E-state index contributed by atoms with van der Waals surface area (Å²) in [5.74, 6) is 1.16. The standard InChI is InChI=1S/C22H24N2O4/c1-27-17-9-6-15(7-10-17)19-5-3-2-4-12-24(19)22(26)16-8-11-18-20(13-16)28-14-21(25)23-18/h6-11,13,19H,2-5,12,14H2,1H3,(H,23,25)/t19-/m1/s1. The molecule has 2 aromatic rings. The molecule has 6 nitrogen and oxygen atoms in total. The van der Waals surface area contributed by atoms with Crippen LogP contribution in [0.4, 0.5) is 5.69 Å². The number of carbonyl (C=O) groups is 2. The highest BCUT2D eigenvalue weighted by molar-refractivity contribution is 5.99. The number of benzene rings is 2. The number of fused-ring (bicyclic) bond motifs is 1. The Morgan fingerprint density at radius 1 is 1.14 bits per heavy atom. The predicted octanol–water partition coefficient (Wildman–Crippen LogP) is 3.78. The first-order valence-corrected chi connectivity index (χ1v) is 9.67. The second-order valence-electron chi connectivity index (χ2n) is 7.18. The van der Waals surface area contributed by atoms with E-state index >= 15 is 0 Å². The molecule has 6 heteroatoms. The first-order valence-electron chi connectivity index (χ1n) is 9.67. The van der Waals surface area contributed by atoms with Crippen molar-refractivity contribution in [1.82, 2.24) is 4.90 Å². The predicted molar refractivity (Wildman–Crippen MR) is 106 cm³/mol. The highest BCUT2D eigenvalue weighted by atomic mass is 16.5. The Hall–Kier alpha value is -3.02. The van der Waals surface area contributed by atoms with Gasteiger partial charge >= 0.3 is 0 Å². The third-order valence-electron chi connectivity index (χ3n) is 5.38. The number of nitrogens with zero attached hydrogens (tertiary/aromatic N) is 1. The van der Waals surface area contributed by atoms with Crippen LogP contribution in [0.1, 0.15) is 47.6 Å². The molecule has 0 aromatic heterocycles. The van der Waals surface area contributed by atoms with E-state index in [1.807, 2.05) is 29.2 Å². The summed E-state index contributed by atoms with van der Waals surface area (Å²) in [6.07, 6.45) is 4.15. The number of ether oxygens (including phenoxy) is 2. The molecule has 1 atom stereocenters. The van der Waals surface area contributed by atoms with E-state index in [-0.39, 0.29) is 24.5 Å². The first kappa shape index (κ1) is 18.3. The molecule has 0 aliphatic carbocycles. The Morgan fingerprint density at radius 3 is 2.75 bits per heavy atom. The van der Waals surface area contributed by atoms with Crippen LogP contribution < -0.4 is 14.8 Å². The summed E-state index contributed by atoms with van der Waals surface area (Å²) >= 11 is 0. The summed E-state index contributed by atoms with van der Waals surface area (Å²) in [5, 5.41) is 2.76. The Morgan fingerprint density at radius 2 is 1.96 bits per heavy atom. The quantitative estimate of drug-likeness (QED) is 0.880. The summed E-state index contributed by atoms with van der Waals surface area (Å²) in [4.78, 5) is 26.8. The van der Waals surface area contributed by atoms with Crippen molar-refractivity contribution >= 4 is 17.5 Å². The largest absolute Gasteiger partial charge is 0.497 e. The lowest BCUT2D eigenvalue weighted by atomic mass is 9.99. The molecule has 0 bridgehead atoms. The van der Waals surface area contributed by atoms with E-state index in [1.54, 1.807) is 25.3 Å². The molecule has 2 aromatic carbocycles. The minimum atomic E-state index is -0.182. The van der Waals surface area contributed by atoms with Crippen molar-refractivity contribution in [3.8, 4) is 11.5 Å². The first-order chi connectivity index (χ1) is 13.7. The van der Waals surface area contributed by atoms with Gasteiger partial charge in [-0.05, 0) is 48.7 Å². The Labute approximate surface area is 164 Å². The Bertz CT molecular complexity index is 879. The van der Waals surface area contributed by atoms with E-state index in [2.05, 4.69) is 5.32 Å². The van der Waals surface area contributed by atoms with Crippen LogP contribution in [0.2, 0.25) is 0 Å². The molecule has 2 aliphatic heterocycles. The van der Waals surface area contributed by atoms with Gasteiger partial charge in [-0.1, -0.05) is 25.0 Å². The van der Waals surface area contributed by atoms with Crippen LogP contribution in [0.25, 0.3) is 0 Å². The van der Waals surface area contributed by atoms with Crippen LogP contribution in [0, 0.1) is 0 Å². The van der Waals surface area contributed by atoms with Crippen molar-refractivity contribution < 1.29 is 19.1 Å². The van der Waals surface area contributed by atoms with Gasteiger partial charge in [0.05, 0.1) is 18.8 Å². The van der Waals surface area contributed by atoms with Gasteiger partial charge in [-0.3, -0.25) is 9.59 Å². The van der Waals surface area contributed by atoms with E-state index in [9.17, 15) is 9.59 Å². The van der Waals surface area contributed by atoms with E-state index < -0.39 is 0 Å². The van der Waals surface area contributed by atoms with E-state index in [4.69, 9.17) is 9.47 Å². The average Bonchev–Trinajstić information content (AvgIpc) is 2.99. The number of methoxy groups -OCH3 is 1. The van der Waals surface area contributed by atoms with E-state index in [1.165, 1.54) is 0 Å². The molecule has 2 amide bonds. The highest BCUT2D eigenvalue weighted by Crippen LogP contribution is 2.34. The number of anilines is 1. The molecular weight excluding hydrogens is 356 g/mol. The molecule has 1 N–H and O–H groups in total.